The van der Waals surface area contributed by atoms with Crippen LogP contribution in [0.4, 0.5) is 0 Å². The first-order valence-electron chi connectivity index (χ1n) is 7.19. The maximum Gasteiger partial charge on any atom is 0.184 e. The van der Waals surface area contributed by atoms with Crippen molar-refractivity contribution in [3.63, 3.8) is 0 Å². The van der Waals surface area contributed by atoms with Gasteiger partial charge < -0.3 is 5.32 Å². The van der Waals surface area contributed by atoms with E-state index in [1.165, 1.54) is 0 Å². The Bertz CT molecular complexity index is 704. The van der Waals surface area contributed by atoms with Crippen molar-refractivity contribution in [1.29, 1.82) is 5.26 Å². The van der Waals surface area contributed by atoms with Crippen molar-refractivity contribution in [3.8, 4) is 6.19 Å². The second-order valence-electron chi connectivity index (χ2n) is 5.68. The van der Waals surface area contributed by atoms with E-state index in [1.807, 2.05) is 24.4 Å². The van der Waals surface area contributed by atoms with Crippen LogP contribution in [0.3, 0.4) is 0 Å². The molecule has 1 fully saturated rings. The van der Waals surface area contributed by atoms with Crippen LogP contribution < -0.4 is 5.32 Å². The van der Waals surface area contributed by atoms with Gasteiger partial charge in [0.25, 0.3) is 0 Å². The molecule has 2 aliphatic heterocycles. The molecule has 104 valence electrons. The molecule has 4 aliphatic rings. The number of carbonyl (C=O) groups excluding carboxylic acids is 1. The summed E-state index contributed by atoms with van der Waals surface area (Å²) in [6, 6.07) is -0.390. The smallest absolute Gasteiger partial charge is 0.184 e. The monoisotopic (exact) mass is 277 g/mol. The average molecular weight is 277 g/mol. The molecule has 2 aliphatic carbocycles. The molecular formula is C17H15N3O. The molecule has 4 rings (SSSR count). The minimum Gasteiger partial charge on any atom is -0.380 e. The van der Waals surface area contributed by atoms with Crippen LogP contribution in [0.1, 0.15) is 12.8 Å². The fraction of sp³-hybridized carbons (Fsp3) is 0.294. The van der Waals surface area contributed by atoms with Crippen LogP contribution in [0.2, 0.25) is 0 Å². The summed E-state index contributed by atoms with van der Waals surface area (Å²) in [5.41, 5.74) is 1.55. The van der Waals surface area contributed by atoms with Gasteiger partial charge in [-0.3, -0.25) is 9.69 Å². The van der Waals surface area contributed by atoms with Gasteiger partial charge in [0.05, 0.1) is 11.5 Å². The second kappa shape index (κ2) is 4.23. The zero-order valence-corrected chi connectivity index (χ0v) is 11.5. The Morgan fingerprint density at radius 1 is 1.38 bits per heavy atom. The number of allylic oxidation sites excluding steroid dienone is 5. The summed E-state index contributed by atoms with van der Waals surface area (Å²) in [7, 11) is 0. The van der Waals surface area contributed by atoms with Gasteiger partial charge in [0.15, 0.2) is 12.0 Å². The van der Waals surface area contributed by atoms with Crippen molar-refractivity contribution in [1.82, 2.24) is 10.2 Å². The van der Waals surface area contributed by atoms with Gasteiger partial charge in [-0.25, -0.2) is 0 Å². The van der Waals surface area contributed by atoms with Crippen molar-refractivity contribution < 1.29 is 4.79 Å². The molecule has 0 aromatic heterocycles. The van der Waals surface area contributed by atoms with Gasteiger partial charge in [-0.1, -0.05) is 36.5 Å². The van der Waals surface area contributed by atoms with E-state index in [4.69, 9.17) is 0 Å². The van der Waals surface area contributed by atoms with Crippen molar-refractivity contribution in [2.24, 2.45) is 5.41 Å². The van der Waals surface area contributed by atoms with Crippen molar-refractivity contribution in [2.45, 2.75) is 24.9 Å². The van der Waals surface area contributed by atoms with Crippen LogP contribution in [0.5, 0.6) is 0 Å². The molecule has 4 heteroatoms. The summed E-state index contributed by atoms with van der Waals surface area (Å²) in [5.74, 6) is 0.170. The number of carbonyl (C=O) groups is 1. The number of nitriles is 1. The molecule has 3 unspecified atom stereocenters. The molecule has 0 amide bonds. The quantitative estimate of drug-likeness (QED) is 0.543. The number of nitrogens with zero attached hydrogens (tertiary/aromatic N) is 2. The number of hydrogen-bond acceptors (Lipinski definition) is 4. The molecule has 0 radical (unpaired) electrons. The Balaban J connectivity index is 1.99. The highest BCUT2D eigenvalue weighted by Crippen LogP contribution is 2.55. The number of nitrogens with one attached hydrogen (secondary N) is 1. The molecule has 0 aromatic carbocycles. The highest BCUT2D eigenvalue weighted by atomic mass is 16.1. The van der Waals surface area contributed by atoms with Crippen LogP contribution in [0.15, 0.2) is 60.0 Å². The molecule has 0 aromatic rings. The number of hydrogen-bond donors (Lipinski definition) is 1. The molecule has 2 heterocycles. The third-order valence-electron chi connectivity index (χ3n) is 4.76. The lowest BCUT2D eigenvalue weighted by atomic mass is 9.67. The zero-order valence-electron chi connectivity index (χ0n) is 11.5. The number of rotatable bonds is 0. The first kappa shape index (κ1) is 12.2. The third-order valence-corrected chi connectivity index (χ3v) is 4.76. The number of likely N-dealkylation sites (tertiary alicyclic amines) is 1. The van der Waals surface area contributed by atoms with Gasteiger partial charge in [0.1, 0.15) is 6.04 Å². The maximum absolute atomic E-state index is 12.5. The molecule has 0 saturated carbocycles. The lowest BCUT2D eigenvalue weighted by molar-refractivity contribution is -0.122. The number of fused-ring (bicyclic) bond motifs is 1. The van der Waals surface area contributed by atoms with E-state index in [2.05, 4.69) is 35.8 Å². The van der Waals surface area contributed by atoms with Crippen LogP contribution in [-0.2, 0) is 4.79 Å². The second-order valence-corrected chi connectivity index (χ2v) is 5.68. The van der Waals surface area contributed by atoms with E-state index in [1.54, 1.807) is 4.90 Å². The molecule has 1 spiro atoms. The van der Waals surface area contributed by atoms with Gasteiger partial charge in [-0.2, -0.15) is 5.26 Å². The number of Topliss-reactive ketones (excluding diaryl/α,β-unsaturated/α-hetero) is 1. The summed E-state index contributed by atoms with van der Waals surface area (Å²) in [6.45, 7) is 0. The fourth-order valence-corrected chi connectivity index (χ4v) is 3.95. The number of ketones is 1. The zero-order chi connectivity index (χ0) is 14.4. The predicted molar refractivity (Wildman–Crippen MR) is 78.4 cm³/mol. The third kappa shape index (κ3) is 1.41. The summed E-state index contributed by atoms with van der Waals surface area (Å²) in [6.07, 6.45) is 19.5. The largest absolute Gasteiger partial charge is 0.380 e. The summed E-state index contributed by atoms with van der Waals surface area (Å²) >= 11 is 0. The Labute approximate surface area is 123 Å². The molecule has 4 nitrogen and oxygen atoms in total. The summed E-state index contributed by atoms with van der Waals surface area (Å²) in [4.78, 5) is 14.2. The summed E-state index contributed by atoms with van der Waals surface area (Å²) < 4.78 is 0. The van der Waals surface area contributed by atoms with Crippen molar-refractivity contribution in [3.05, 3.63) is 60.0 Å². The topological polar surface area (TPSA) is 56.1 Å². The first-order valence-corrected chi connectivity index (χ1v) is 7.19. The molecular weight excluding hydrogens is 262 g/mol. The SMILES string of the molecule is N#CN1C2=CCC(=O)C3NC=CC=CC23C2=CCC=CC21. The van der Waals surface area contributed by atoms with E-state index in [0.717, 1.165) is 17.7 Å². The molecule has 1 N–H and O–H groups in total. The van der Waals surface area contributed by atoms with Gasteiger partial charge >= 0.3 is 0 Å². The van der Waals surface area contributed by atoms with Crippen LogP contribution in [0, 0.1) is 16.9 Å². The molecule has 1 saturated heterocycles. The van der Waals surface area contributed by atoms with E-state index in [0.29, 0.717) is 6.42 Å². The predicted octanol–water partition coefficient (Wildman–Crippen LogP) is 1.92. The minimum absolute atomic E-state index is 0.0621. The van der Waals surface area contributed by atoms with E-state index in [9.17, 15) is 10.1 Å². The molecule has 21 heavy (non-hydrogen) atoms. The van der Waals surface area contributed by atoms with Gasteiger partial charge in [-0.05, 0) is 24.3 Å². The normalized spacial score (nSPS) is 35.8. The van der Waals surface area contributed by atoms with Gasteiger partial charge in [0, 0.05) is 12.1 Å². The lowest BCUT2D eigenvalue weighted by Gasteiger charge is -2.38. The van der Waals surface area contributed by atoms with Gasteiger partial charge in [0.2, 0.25) is 0 Å². The minimum atomic E-state index is -0.524. The van der Waals surface area contributed by atoms with E-state index in [-0.39, 0.29) is 17.9 Å². The fourth-order valence-electron chi connectivity index (χ4n) is 3.95. The standard InChI is InChI=1S/C17H15N3O/c18-11-20-13-6-2-1-5-12(13)17-9-3-4-10-19-16(17)14(21)7-8-15(17)20/h2-6,8-10,13,16,19H,1,7H2. The van der Waals surface area contributed by atoms with E-state index >= 15 is 0 Å². The molecule has 3 atom stereocenters. The average Bonchev–Trinajstić information content (AvgIpc) is 2.64. The Morgan fingerprint density at radius 3 is 3.14 bits per heavy atom. The Hall–Kier alpha value is -2.54. The van der Waals surface area contributed by atoms with Crippen LogP contribution >= 0.6 is 0 Å². The first-order chi connectivity index (χ1) is 10.3. The Kier molecular flexibility index (Phi) is 2.46. The Morgan fingerprint density at radius 2 is 2.29 bits per heavy atom. The van der Waals surface area contributed by atoms with Crippen LogP contribution in [0.25, 0.3) is 0 Å². The van der Waals surface area contributed by atoms with Crippen molar-refractivity contribution in [2.75, 3.05) is 0 Å². The van der Waals surface area contributed by atoms with E-state index < -0.39 is 5.41 Å². The highest BCUT2D eigenvalue weighted by molar-refractivity contribution is 5.91. The molecule has 0 bridgehead atoms. The van der Waals surface area contributed by atoms with Crippen molar-refractivity contribution >= 4 is 5.78 Å². The highest BCUT2D eigenvalue weighted by Gasteiger charge is 2.58. The summed E-state index contributed by atoms with van der Waals surface area (Å²) in [5, 5.41) is 12.8. The van der Waals surface area contributed by atoms with Gasteiger partial charge in [-0.15, -0.1) is 0 Å². The maximum atomic E-state index is 12.5. The van der Waals surface area contributed by atoms with Crippen LogP contribution in [-0.4, -0.2) is 22.8 Å². The lowest BCUT2D eigenvalue weighted by Crippen LogP contribution is -2.50.